The average Bonchev–Trinajstić information content (AvgIpc) is 4.02. The number of imidazole rings is 4. The lowest BCUT2D eigenvalue weighted by Gasteiger charge is -2.06. The summed E-state index contributed by atoms with van der Waals surface area (Å²) in [5.74, 6) is 0. The molecule has 2 N–H and O–H groups in total. The predicted molar refractivity (Wildman–Crippen MR) is 240 cm³/mol. The number of hydrogen-bond acceptors (Lipinski definition) is 6. The van der Waals surface area contributed by atoms with Crippen molar-refractivity contribution in [3.63, 3.8) is 0 Å². The summed E-state index contributed by atoms with van der Waals surface area (Å²) in [7, 11) is 1.40. The van der Waals surface area contributed by atoms with Gasteiger partial charge < -0.3 is 5.11 Å². The Morgan fingerprint density at radius 3 is 1.13 bits per heavy atom. The third-order valence-corrected chi connectivity index (χ3v) is 10.7. The molecule has 350 valence electrons. The summed E-state index contributed by atoms with van der Waals surface area (Å²) < 4.78 is 105. The van der Waals surface area contributed by atoms with Gasteiger partial charge in [0, 0.05) is 0 Å². The summed E-state index contributed by atoms with van der Waals surface area (Å²) in [5.41, 5.74) is -5.62. The Balaban J connectivity index is -0.000000679. The quantitative estimate of drug-likeness (QED) is 0.0360. The van der Waals surface area contributed by atoms with Crippen molar-refractivity contribution in [2.24, 2.45) is 28.2 Å². The Labute approximate surface area is 376 Å². The second-order valence-electron chi connectivity index (χ2n) is 14.0. The molecule has 0 unspecified atom stereocenters. The number of unbranched alkanes of at least 4 members (excludes halogenated alkanes) is 9. The van der Waals surface area contributed by atoms with Crippen molar-refractivity contribution in [2.75, 3.05) is 12.9 Å². The van der Waals surface area contributed by atoms with Crippen LogP contribution in [0.2, 0.25) is 0 Å². The van der Waals surface area contributed by atoms with Crippen molar-refractivity contribution >= 4 is 51.1 Å². The van der Waals surface area contributed by atoms with Crippen molar-refractivity contribution in [1.29, 1.82) is 1.45 Å². The molecular weight excluding hydrogens is 962 g/mol. The minimum atomic E-state index is -5.79. The highest BCUT2D eigenvalue weighted by Crippen LogP contribution is 2.21. The summed E-state index contributed by atoms with van der Waals surface area (Å²) in [6, 6.07) is 0. The molecule has 4 heterocycles. The third-order valence-electron chi connectivity index (χ3n) is 8.03. The Morgan fingerprint density at radius 1 is 0.600 bits per heavy atom. The van der Waals surface area contributed by atoms with Gasteiger partial charge in [0.05, 0.1) is 60.7 Å². The number of rotatable bonds is 19. The van der Waals surface area contributed by atoms with Gasteiger partial charge in [0.2, 0.25) is 35.3 Å². The van der Waals surface area contributed by atoms with Crippen LogP contribution in [0.1, 0.15) is 97.8 Å². The monoisotopic (exact) mass is 1040 g/mol. The lowest BCUT2D eigenvalue weighted by atomic mass is 10.1. The molecule has 22 heteroatoms. The van der Waals surface area contributed by atoms with E-state index in [9.17, 15) is 30.0 Å². The zero-order valence-corrected chi connectivity index (χ0v) is 41.4. The summed E-state index contributed by atoms with van der Waals surface area (Å²) in [4.78, 5) is 0. The number of hydrogen-bond donors (Lipinski definition) is 3. The molecule has 14 nitrogen and oxygen atoms in total. The molecule has 60 heavy (non-hydrogen) atoms. The molecule has 0 spiro atoms. The molecule has 4 aromatic rings. The molecule has 0 aromatic carbocycles. The molecule has 0 saturated carbocycles. The highest BCUT2D eigenvalue weighted by Gasteiger charge is 2.47. The van der Waals surface area contributed by atoms with Crippen LogP contribution in [-0.4, -0.2) is 60.0 Å². The van der Waals surface area contributed by atoms with Crippen LogP contribution in [0.3, 0.4) is 0 Å². The highest BCUT2D eigenvalue weighted by molar-refractivity contribution is 14.2. The Kier molecular flexibility index (Phi) is 35.7. The predicted octanol–water partition coefficient (Wildman–Crippen LogP) is 5.79. The summed E-state index contributed by atoms with van der Waals surface area (Å²) in [5, 5.41) is 8.50. The van der Waals surface area contributed by atoms with E-state index >= 15 is 0 Å². The zero-order valence-electron chi connectivity index (χ0n) is 37.8. The molecule has 0 aliphatic carbocycles. The second kappa shape index (κ2) is 36.0. The molecule has 0 bridgehead atoms. The van der Waals surface area contributed by atoms with Crippen molar-refractivity contribution in [3.05, 3.63) is 74.9 Å². The number of nitrogens with zero attached hydrogens (tertiary/aromatic N) is 8. The molecule has 0 radical (unpaired) electrons. The highest BCUT2D eigenvalue weighted by atomic mass is 127. The van der Waals surface area contributed by atoms with Gasteiger partial charge in [-0.15, -0.1) is 13.9 Å². The molecule has 0 amide bonds. The number of halogens is 5. The fourth-order valence-corrected chi connectivity index (χ4v) is 7.01. The molecule has 4 rings (SSSR count). The number of aliphatic hydroxyl groups excluding tert-OH is 1. The van der Waals surface area contributed by atoms with Gasteiger partial charge in [-0.25, -0.2) is 53.4 Å². The van der Waals surface area contributed by atoms with Crippen LogP contribution in [0.4, 0.5) is 17.9 Å². The first-order chi connectivity index (χ1) is 28.8. The standard InChI is InChI=1S/C12H23N2.C10H19N2.C8H15N2.C6H11N2O.C2H4F3NO4S2.FH.HIS/c1-3-4-5-6-7-8-9-14-11-10-13(2)12-14;1-3-4-5-6-7-12-9-8-11(2)10-12;1-3-4-5-10-7-6-9(2)8-10;1-7-2-3-8(6-7)4-5-9;1-11(7,8)6-12(9,10)2(3,4)5;;1-2/h10-12H,3-9H2,1-2H3;8-10H,3-7H2,1-2H3;6-8H,3-5H2,1-2H3;2-3,6,9H,4-5H2,1H3;6H,1H3;1H;2H/q4*+1;;;/i/hT. The Bertz CT molecular complexity index is 1830. The molecule has 0 atom stereocenters. The minimum Gasteiger partial charge on any atom is -0.392 e. The SMILES string of the molecule is CCCCCCCCn1cc[n+](C)c1.CCCCCCn1cc[n+](C)c1.CCCCn1cc[n+](C)c1.CS(=O)(=O)NS(=O)(=O)C(F)(F)F.C[n+]1ccn(CCO)c1.SI.[3H]F. The average molecular weight is 1040 g/mol. The number of aromatic nitrogens is 8. The largest absolute Gasteiger partial charge is 0.512 e. The molecule has 4 aromatic heterocycles. The van der Waals surface area contributed by atoms with Gasteiger partial charge >= 0.3 is 15.5 Å². The van der Waals surface area contributed by atoms with Crippen LogP contribution < -0.4 is 22.4 Å². The van der Waals surface area contributed by atoms with Gasteiger partial charge in [-0.05, 0) is 53.3 Å². The second-order valence-corrected chi connectivity index (χ2v) is 17.7. The topological polar surface area (TPSA) is 136 Å². The molecule has 0 saturated heterocycles. The maximum atomic E-state index is 11.4. The minimum absolute atomic E-state index is 0.203. The van der Waals surface area contributed by atoms with E-state index in [4.69, 9.17) is 9.82 Å². The van der Waals surface area contributed by atoms with E-state index in [1.165, 1.54) is 90.1 Å². The normalized spacial score (nSPS) is 10.9. The maximum absolute atomic E-state index is 11.4. The van der Waals surface area contributed by atoms with Gasteiger partial charge in [0.1, 0.15) is 56.1 Å². The van der Waals surface area contributed by atoms with Crippen molar-refractivity contribution in [1.82, 2.24) is 22.4 Å². The van der Waals surface area contributed by atoms with E-state index in [1.807, 2.05) is 63.2 Å². The van der Waals surface area contributed by atoms with Crippen LogP contribution in [0.15, 0.2) is 74.9 Å². The molecule has 0 fully saturated rings. The van der Waals surface area contributed by atoms with Gasteiger partial charge in [0.25, 0.3) is 1.45 Å². The molecular formula is C38H74F4IN9O5S3+4. The van der Waals surface area contributed by atoms with Gasteiger partial charge in [-0.1, -0.05) is 65.7 Å². The van der Waals surface area contributed by atoms with Crippen LogP contribution in [0, 0.1) is 0 Å². The number of thiol groups is 1. The smallest absolute Gasteiger partial charge is 0.392 e. The van der Waals surface area contributed by atoms with E-state index in [0.29, 0.717) is 16.9 Å². The summed E-state index contributed by atoms with van der Waals surface area (Å²) in [6.07, 6.45) is 41.2. The van der Waals surface area contributed by atoms with Crippen LogP contribution in [-0.2, 0) is 74.4 Å². The number of alkyl halides is 3. The zero-order chi connectivity index (χ0) is 47.3. The first kappa shape index (κ1) is 59.6. The van der Waals surface area contributed by atoms with E-state index in [1.54, 1.807) is 0 Å². The number of aryl methyl sites for hydroxylation is 7. The van der Waals surface area contributed by atoms with Crippen LogP contribution in [0.25, 0.3) is 0 Å². The van der Waals surface area contributed by atoms with E-state index in [-0.39, 0.29) is 6.61 Å². The lowest BCUT2D eigenvalue weighted by molar-refractivity contribution is -0.671. The van der Waals surface area contributed by atoms with Crippen molar-refractivity contribution in [2.45, 2.75) is 130 Å². The van der Waals surface area contributed by atoms with Gasteiger partial charge in [0.15, 0.2) is 0 Å². The van der Waals surface area contributed by atoms with Gasteiger partial charge in [-0.2, -0.15) is 13.2 Å². The Hall–Kier alpha value is -2.54. The van der Waals surface area contributed by atoms with E-state index in [2.05, 4.69) is 130 Å². The fraction of sp³-hybridized carbons (Fsp3) is 0.684. The number of aliphatic hydroxyl groups is 1. The van der Waals surface area contributed by atoms with E-state index < -0.39 is 25.6 Å². The Morgan fingerprint density at radius 2 is 0.883 bits per heavy atom. The third kappa shape index (κ3) is 34.1. The summed E-state index contributed by atoms with van der Waals surface area (Å²) >= 11 is 1.84. The van der Waals surface area contributed by atoms with E-state index in [0.717, 1.165) is 6.54 Å². The first-order valence-corrected chi connectivity index (χ1v) is 26.5. The van der Waals surface area contributed by atoms with Crippen LogP contribution >= 0.6 is 31.0 Å². The van der Waals surface area contributed by atoms with Crippen molar-refractivity contribution < 1.29 is 58.1 Å². The first-order valence-electron chi connectivity index (χ1n) is 20.3. The number of nitrogens with one attached hydrogen (secondary N) is 1. The van der Waals surface area contributed by atoms with Crippen LogP contribution in [0.5, 0.6) is 0 Å². The fourth-order valence-electron chi connectivity index (χ4n) is 5.03. The molecule has 0 aliphatic rings. The number of sulfonamides is 2. The van der Waals surface area contributed by atoms with Gasteiger partial charge in [-0.3, -0.25) is 4.72 Å². The van der Waals surface area contributed by atoms with Crippen molar-refractivity contribution in [3.8, 4) is 0 Å². The lowest BCUT2D eigenvalue weighted by Crippen LogP contribution is -2.39. The maximum Gasteiger partial charge on any atom is 0.512 e. The molecule has 0 aliphatic heterocycles. The summed E-state index contributed by atoms with van der Waals surface area (Å²) in [6.45, 7) is 11.1.